The van der Waals surface area contributed by atoms with E-state index in [0.29, 0.717) is 28.4 Å². The molecule has 7 heteroatoms. The molecule has 2 amide bonds. The molecule has 0 aliphatic carbocycles. The third kappa shape index (κ3) is 4.25. The van der Waals surface area contributed by atoms with Gasteiger partial charge < -0.3 is 15.4 Å². The molecular weight excluding hydrogens is 350 g/mol. The van der Waals surface area contributed by atoms with E-state index in [-0.39, 0.29) is 17.7 Å². The molecular formula is C19H17N3O3S. The lowest BCUT2D eigenvalue weighted by Gasteiger charge is -2.10. The van der Waals surface area contributed by atoms with Crippen LogP contribution in [0.3, 0.4) is 0 Å². The number of benzene rings is 1. The summed E-state index contributed by atoms with van der Waals surface area (Å²) in [4.78, 5) is 29.3. The molecule has 132 valence electrons. The average molecular weight is 367 g/mol. The zero-order chi connectivity index (χ0) is 18.4. The Morgan fingerprint density at radius 2 is 1.81 bits per heavy atom. The first-order valence-electron chi connectivity index (χ1n) is 8.01. The van der Waals surface area contributed by atoms with Gasteiger partial charge in [-0.1, -0.05) is 12.1 Å². The Morgan fingerprint density at radius 3 is 2.50 bits per heavy atom. The molecule has 0 radical (unpaired) electrons. The summed E-state index contributed by atoms with van der Waals surface area (Å²) >= 11 is 1.37. The highest BCUT2D eigenvalue weighted by atomic mass is 32.1. The van der Waals surface area contributed by atoms with Crippen LogP contribution in [0, 0.1) is 0 Å². The minimum atomic E-state index is -0.330. The van der Waals surface area contributed by atoms with Crippen molar-refractivity contribution in [3.8, 4) is 5.88 Å². The fourth-order valence-electron chi connectivity index (χ4n) is 2.29. The Balaban J connectivity index is 1.72. The van der Waals surface area contributed by atoms with Gasteiger partial charge >= 0.3 is 0 Å². The van der Waals surface area contributed by atoms with E-state index < -0.39 is 0 Å². The number of thiophene rings is 1. The van der Waals surface area contributed by atoms with Crippen LogP contribution < -0.4 is 15.4 Å². The number of hydrogen-bond donors (Lipinski definition) is 2. The van der Waals surface area contributed by atoms with Crippen molar-refractivity contribution in [1.82, 2.24) is 4.98 Å². The van der Waals surface area contributed by atoms with E-state index in [2.05, 4.69) is 15.6 Å². The number of pyridine rings is 1. The number of hydrogen-bond acceptors (Lipinski definition) is 5. The largest absolute Gasteiger partial charge is 0.477 e. The first kappa shape index (κ1) is 17.6. The van der Waals surface area contributed by atoms with Crippen molar-refractivity contribution < 1.29 is 14.3 Å². The summed E-state index contributed by atoms with van der Waals surface area (Å²) in [6.45, 7) is 2.25. The second-order valence-corrected chi connectivity index (χ2v) is 6.20. The van der Waals surface area contributed by atoms with Crippen molar-refractivity contribution in [2.75, 3.05) is 17.2 Å². The van der Waals surface area contributed by atoms with Crippen molar-refractivity contribution in [3.63, 3.8) is 0 Å². The molecule has 0 bridgehead atoms. The summed E-state index contributed by atoms with van der Waals surface area (Å²) in [5.41, 5.74) is 1.50. The van der Waals surface area contributed by atoms with Gasteiger partial charge in [0.2, 0.25) is 5.88 Å². The number of nitrogens with zero attached hydrogens (tertiary/aromatic N) is 1. The number of amides is 2. The van der Waals surface area contributed by atoms with E-state index in [1.165, 1.54) is 11.3 Å². The first-order valence-corrected chi connectivity index (χ1v) is 8.89. The van der Waals surface area contributed by atoms with E-state index in [1.807, 2.05) is 18.4 Å². The Labute approximate surface area is 154 Å². The first-order chi connectivity index (χ1) is 12.7. The smallest absolute Gasteiger partial charge is 0.265 e. The van der Waals surface area contributed by atoms with E-state index in [9.17, 15) is 9.59 Å². The van der Waals surface area contributed by atoms with E-state index in [1.54, 1.807) is 48.7 Å². The molecule has 0 spiro atoms. The molecule has 0 atom stereocenters. The Kier molecular flexibility index (Phi) is 5.60. The van der Waals surface area contributed by atoms with Gasteiger partial charge in [-0.2, -0.15) is 0 Å². The average Bonchev–Trinajstić information content (AvgIpc) is 3.17. The standard InChI is InChI=1S/C19H17N3O3S/c1-2-25-19-15(8-4-10-20-19)17(23)21-13-6-3-7-14(12-13)22-18(24)16-9-5-11-26-16/h3-12H,2H2,1H3,(H,21,23)(H,22,24). The van der Waals surface area contributed by atoms with Gasteiger partial charge in [0.1, 0.15) is 5.56 Å². The third-order valence-corrected chi connectivity index (χ3v) is 4.29. The normalized spacial score (nSPS) is 10.2. The van der Waals surface area contributed by atoms with Gasteiger partial charge in [0.05, 0.1) is 11.5 Å². The highest BCUT2D eigenvalue weighted by Crippen LogP contribution is 2.20. The Bertz CT molecular complexity index is 910. The highest BCUT2D eigenvalue weighted by molar-refractivity contribution is 7.12. The van der Waals surface area contributed by atoms with E-state index in [4.69, 9.17) is 4.74 Å². The van der Waals surface area contributed by atoms with Gasteiger partial charge in [-0.25, -0.2) is 4.98 Å². The van der Waals surface area contributed by atoms with Crippen LogP contribution in [0.15, 0.2) is 60.1 Å². The molecule has 26 heavy (non-hydrogen) atoms. The molecule has 2 heterocycles. The van der Waals surface area contributed by atoms with Crippen LogP contribution in [0.25, 0.3) is 0 Å². The SMILES string of the molecule is CCOc1ncccc1C(=O)Nc1cccc(NC(=O)c2cccs2)c1. The molecule has 0 saturated carbocycles. The summed E-state index contributed by atoms with van der Waals surface area (Å²) in [7, 11) is 0. The van der Waals surface area contributed by atoms with Gasteiger partial charge in [0, 0.05) is 17.6 Å². The molecule has 3 aromatic rings. The molecule has 6 nitrogen and oxygen atoms in total. The minimum Gasteiger partial charge on any atom is -0.477 e. The van der Waals surface area contributed by atoms with Crippen molar-refractivity contribution in [3.05, 3.63) is 70.5 Å². The van der Waals surface area contributed by atoms with Crippen LogP contribution in [-0.2, 0) is 0 Å². The highest BCUT2D eigenvalue weighted by Gasteiger charge is 2.14. The van der Waals surface area contributed by atoms with Gasteiger partial charge in [0.25, 0.3) is 11.8 Å². The lowest BCUT2D eigenvalue weighted by molar-refractivity contribution is 0.101. The van der Waals surface area contributed by atoms with E-state index in [0.717, 1.165) is 0 Å². The van der Waals surface area contributed by atoms with Crippen molar-refractivity contribution >= 4 is 34.5 Å². The summed E-state index contributed by atoms with van der Waals surface area (Å²) in [6.07, 6.45) is 1.57. The van der Waals surface area contributed by atoms with E-state index >= 15 is 0 Å². The fraction of sp³-hybridized carbons (Fsp3) is 0.105. The topological polar surface area (TPSA) is 80.3 Å². The maximum atomic E-state index is 12.5. The second kappa shape index (κ2) is 8.26. The number of rotatable bonds is 6. The van der Waals surface area contributed by atoms with Gasteiger partial charge in [0.15, 0.2) is 0 Å². The number of nitrogens with one attached hydrogen (secondary N) is 2. The molecule has 1 aromatic carbocycles. The second-order valence-electron chi connectivity index (χ2n) is 5.26. The van der Waals surface area contributed by atoms with Gasteiger partial charge in [-0.3, -0.25) is 9.59 Å². The maximum Gasteiger partial charge on any atom is 0.265 e. The molecule has 2 N–H and O–H groups in total. The lowest BCUT2D eigenvalue weighted by atomic mass is 10.2. The van der Waals surface area contributed by atoms with Crippen LogP contribution in [-0.4, -0.2) is 23.4 Å². The summed E-state index contributed by atoms with van der Waals surface area (Å²) < 4.78 is 5.39. The minimum absolute atomic E-state index is 0.186. The number of ether oxygens (including phenoxy) is 1. The number of aromatic nitrogens is 1. The van der Waals surface area contributed by atoms with Crippen molar-refractivity contribution in [1.29, 1.82) is 0 Å². The lowest BCUT2D eigenvalue weighted by Crippen LogP contribution is -2.15. The number of anilines is 2. The molecule has 0 unspecified atom stereocenters. The van der Waals surface area contributed by atoms with Crippen LogP contribution in [0.4, 0.5) is 11.4 Å². The van der Waals surface area contributed by atoms with Crippen molar-refractivity contribution in [2.45, 2.75) is 6.92 Å². The summed E-state index contributed by atoms with van der Waals surface area (Å²) in [6, 6.07) is 13.9. The van der Waals surface area contributed by atoms with Gasteiger partial charge in [-0.05, 0) is 48.7 Å². The predicted molar refractivity (Wildman–Crippen MR) is 102 cm³/mol. The monoisotopic (exact) mass is 367 g/mol. The van der Waals surface area contributed by atoms with Crippen LogP contribution >= 0.6 is 11.3 Å². The van der Waals surface area contributed by atoms with Crippen LogP contribution in [0.5, 0.6) is 5.88 Å². The summed E-state index contributed by atoms with van der Waals surface area (Å²) in [5, 5.41) is 7.45. The molecule has 2 aromatic heterocycles. The van der Waals surface area contributed by atoms with Gasteiger partial charge in [-0.15, -0.1) is 11.3 Å². The molecule has 3 rings (SSSR count). The number of carbonyl (C=O) groups is 2. The fourth-order valence-corrected chi connectivity index (χ4v) is 2.91. The Hall–Kier alpha value is -3.19. The molecule has 0 aliphatic rings. The van der Waals surface area contributed by atoms with Crippen LogP contribution in [0.1, 0.15) is 27.0 Å². The summed E-state index contributed by atoms with van der Waals surface area (Å²) in [5.74, 6) is -0.229. The third-order valence-electron chi connectivity index (χ3n) is 3.42. The maximum absolute atomic E-state index is 12.5. The Morgan fingerprint density at radius 1 is 1.04 bits per heavy atom. The van der Waals surface area contributed by atoms with Crippen LogP contribution in [0.2, 0.25) is 0 Å². The molecule has 0 fully saturated rings. The quantitative estimate of drug-likeness (QED) is 0.689. The zero-order valence-corrected chi connectivity index (χ0v) is 14.9. The predicted octanol–water partition coefficient (Wildman–Crippen LogP) is 4.05. The zero-order valence-electron chi connectivity index (χ0n) is 14.1. The van der Waals surface area contributed by atoms with Crippen molar-refractivity contribution in [2.24, 2.45) is 0 Å². The molecule has 0 aliphatic heterocycles. The number of carbonyl (C=O) groups excluding carboxylic acids is 2. The molecule has 0 saturated heterocycles.